The van der Waals surface area contributed by atoms with Crippen LogP contribution in [0.25, 0.3) is 0 Å². The summed E-state index contributed by atoms with van der Waals surface area (Å²) in [6, 6.07) is 0. The molecule has 0 saturated heterocycles. The second kappa shape index (κ2) is 83.5. The smallest absolute Gasteiger partial charge is 0.462 e. The minimum atomic E-state index is -4.97. The first kappa shape index (κ1) is 108. The maximum absolute atomic E-state index is 13.2. The summed E-state index contributed by atoms with van der Waals surface area (Å²) in [4.78, 5) is 73.4. The van der Waals surface area contributed by atoms with Gasteiger partial charge in [0.1, 0.15) is 19.3 Å². The highest BCUT2D eigenvalue weighted by Gasteiger charge is 2.31. The SMILES string of the molecule is CCCCCCCCCCCCCCCCCCCCCCCCC(=O)O[C@H](COC(=O)CCCCCCCCCCCCCCCCCCCCC)COP(=O)(O)OC[C@@H](O)COP(=O)(O)OC[C@@H](COC(=O)CCCCCCCCCCCCCCC)OC(=O)CCCCCCCCCCCCCCCC(C)C. The zero-order chi connectivity index (χ0) is 80.4. The van der Waals surface area contributed by atoms with Gasteiger partial charge in [-0.1, -0.05) is 446 Å². The largest absolute Gasteiger partial charge is 0.472 e. The molecule has 0 amide bonds. The summed E-state index contributed by atoms with van der Waals surface area (Å²) in [7, 11) is -9.94. The molecule has 0 bridgehead atoms. The fourth-order valence-corrected chi connectivity index (χ4v) is 15.9. The van der Waals surface area contributed by atoms with Crippen molar-refractivity contribution in [2.45, 2.75) is 515 Å². The third-order valence-corrected chi connectivity index (χ3v) is 23.4. The monoisotopic (exact) mass is 1610 g/mol. The molecule has 0 aliphatic rings. The number of phosphoric acid groups is 2. The van der Waals surface area contributed by atoms with Crippen LogP contribution in [0.15, 0.2) is 0 Å². The number of esters is 4. The van der Waals surface area contributed by atoms with Crippen LogP contribution in [0.4, 0.5) is 0 Å². The maximum Gasteiger partial charge on any atom is 0.472 e. The predicted molar refractivity (Wildman–Crippen MR) is 455 cm³/mol. The van der Waals surface area contributed by atoms with Crippen molar-refractivity contribution < 1.29 is 80.2 Å². The molecule has 3 N–H and O–H groups in total. The van der Waals surface area contributed by atoms with Gasteiger partial charge in [0.15, 0.2) is 12.2 Å². The highest BCUT2D eigenvalue weighted by Crippen LogP contribution is 2.45. The van der Waals surface area contributed by atoms with E-state index in [1.807, 2.05) is 0 Å². The van der Waals surface area contributed by atoms with Gasteiger partial charge in [0, 0.05) is 25.7 Å². The molecule has 0 aromatic heterocycles. The van der Waals surface area contributed by atoms with E-state index in [9.17, 15) is 43.2 Å². The number of phosphoric ester groups is 2. The van der Waals surface area contributed by atoms with E-state index < -0.39 is 97.5 Å². The lowest BCUT2D eigenvalue weighted by molar-refractivity contribution is -0.161. The van der Waals surface area contributed by atoms with Gasteiger partial charge < -0.3 is 33.8 Å². The molecule has 0 spiro atoms. The lowest BCUT2D eigenvalue weighted by Crippen LogP contribution is -2.30. The minimum absolute atomic E-state index is 0.108. The maximum atomic E-state index is 13.2. The van der Waals surface area contributed by atoms with Gasteiger partial charge in [0.2, 0.25) is 0 Å². The fraction of sp³-hybridized carbons (Fsp3) is 0.956. The van der Waals surface area contributed by atoms with Crippen molar-refractivity contribution in [1.29, 1.82) is 0 Å². The Hall–Kier alpha value is -1.94. The van der Waals surface area contributed by atoms with Crippen LogP contribution in [0.2, 0.25) is 0 Å². The second-order valence-corrected chi connectivity index (χ2v) is 36.1. The summed E-state index contributed by atoms with van der Waals surface area (Å²) in [5.74, 6) is -1.31. The van der Waals surface area contributed by atoms with Crippen LogP contribution < -0.4 is 0 Å². The molecule has 0 aromatic carbocycles. The first-order valence-electron chi connectivity index (χ1n) is 47.1. The van der Waals surface area contributed by atoms with Gasteiger partial charge in [-0.2, -0.15) is 0 Å². The average Bonchev–Trinajstić information content (AvgIpc) is 0.899. The molecule has 110 heavy (non-hydrogen) atoms. The van der Waals surface area contributed by atoms with E-state index in [1.54, 1.807) is 0 Å². The van der Waals surface area contributed by atoms with E-state index in [0.29, 0.717) is 25.7 Å². The molecule has 17 nitrogen and oxygen atoms in total. The number of aliphatic hydroxyl groups excluding tert-OH is 1. The van der Waals surface area contributed by atoms with Gasteiger partial charge >= 0.3 is 39.5 Å². The topological polar surface area (TPSA) is 237 Å². The molecule has 0 aromatic rings. The van der Waals surface area contributed by atoms with Crippen molar-refractivity contribution >= 4 is 39.5 Å². The van der Waals surface area contributed by atoms with Crippen LogP contribution in [0.5, 0.6) is 0 Å². The second-order valence-electron chi connectivity index (χ2n) is 33.2. The quantitative estimate of drug-likeness (QED) is 0.0222. The van der Waals surface area contributed by atoms with Crippen LogP contribution in [-0.2, 0) is 65.4 Å². The van der Waals surface area contributed by atoms with Crippen LogP contribution in [0.3, 0.4) is 0 Å². The van der Waals surface area contributed by atoms with Gasteiger partial charge in [0.05, 0.1) is 26.4 Å². The van der Waals surface area contributed by atoms with Crippen LogP contribution in [0.1, 0.15) is 497 Å². The van der Waals surface area contributed by atoms with Gasteiger partial charge in [-0.15, -0.1) is 0 Å². The van der Waals surface area contributed by atoms with E-state index in [1.165, 1.54) is 321 Å². The van der Waals surface area contributed by atoms with Crippen LogP contribution >= 0.6 is 15.6 Å². The summed E-state index contributed by atoms with van der Waals surface area (Å²) in [6.45, 7) is 7.41. The number of aliphatic hydroxyl groups is 1. The van der Waals surface area contributed by atoms with E-state index in [2.05, 4.69) is 34.6 Å². The van der Waals surface area contributed by atoms with Crippen molar-refractivity contribution in [2.75, 3.05) is 39.6 Å². The molecule has 654 valence electrons. The Morgan fingerprint density at radius 2 is 0.418 bits per heavy atom. The number of carbonyl (C=O) groups is 4. The molecule has 19 heteroatoms. The summed E-state index contributed by atoms with van der Waals surface area (Å²) < 4.78 is 69.1. The number of rotatable bonds is 91. The number of hydrogen-bond donors (Lipinski definition) is 3. The molecule has 0 rings (SSSR count). The van der Waals surface area contributed by atoms with E-state index in [4.69, 9.17) is 37.0 Å². The van der Waals surface area contributed by atoms with E-state index in [-0.39, 0.29) is 25.7 Å². The standard InChI is InChI=1S/C91H178O17P2/c1-6-9-12-15-18-21-24-27-29-31-33-34-35-37-39-41-46-51-56-61-66-71-76-90(95)107-87(81-102-89(94)75-70-65-60-55-50-45-40-38-36-32-30-28-25-22-19-16-13-10-7-2)83-106-110(99,100)104-79-85(92)78-103-109(97,98)105-82-86(80-101-88(93)74-69-64-59-54-49-43-26-23-20-17-14-11-8-3)108-91(96)77-72-67-62-57-52-47-42-44-48-53-58-63-68-73-84(4)5/h84-87,92H,6-83H2,1-5H3,(H,97,98)(H,99,100)/t85-,86+,87+/m0/s1. The van der Waals surface area contributed by atoms with Crippen molar-refractivity contribution in [3.8, 4) is 0 Å². The lowest BCUT2D eigenvalue weighted by atomic mass is 10.0. The van der Waals surface area contributed by atoms with Crippen molar-refractivity contribution in [3.63, 3.8) is 0 Å². The molecule has 0 fully saturated rings. The summed E-state index contributed by atoms with van der Waals surface area (Å²) >= 11 is 0. The summed E-state index contributed by atoms with van der Waals surface area (Å²) in [5.41, 5.74) is 0. The third-order valence-electron chi connectivity index (χ3n) is 21.5. The molecule has 0 heterocycles. The Morgan fingerprint density at radius 1 is 0.245 bits per heavy atom. The number of carbonyl (C=O) groups excluding carboxylic acids is 4. The molecular formula is C91H178O17P2. The van der Waals surface area contributed by atoms with E-state index >= 15 is 0 Å². The van der Waals surface area contributed by atoms with Gasteiger partial charge in [0.25, 0.3) is 0 Å². The molecule has 0 aliphatic carbocycles. The molecule has 0 saturated carbocycles. The van der Waals surface area contributed by atoms with Gasteiger partial charge in [-0.3, -0.25) is 37.3 Å². The Labute approximate surface area is 677 Å². The number of unbranched alkanes of at least 4 members (excludes halogenated alkanes) is 63. The highest BCUT2D eigenvalue weighted by atomic mass is 31.2. The van der Waals surface area contributed by atoms with Crippen molar-refractivity contribution in [2.24, 2.45) is 5.92 Å². The molecule has 0 aliphatic heterocycles. The lowest BCUT2D eigenvalue weighted by Gasteiger charge is -2.21. The first-order chi connectivity index (χ1) is 53.5. The van der Waals surface area contributed by atoms with Crippen molar-refractivity contribution in [3.05, 3.63) is 0 Å². The third kappa shape index (κ3) is 84.0. The summed E-state index contributed by atoms with van der Waals surface area (Å²) in [6.07, 6.45) is 79.2. The normalized spacial score (nSPS) is 13.7. The molecule has 2 unspecified atom stereocenters. The fourth-order valence-electron chi connectivity index (χ4n) is 14.4. The minimum Gasteiger partial charge on any atom is -0.462 e. The predicted octanol–water partition coefficient (Wildman–Crippen LogP) is 28.3. The Bertz CT molecular complexity index is 2080. The summed E-state index contributed by atoms with van der Waals surface area (Å²) in [5, 5.41) is 10.7. The zero-order valence-corrected chi connectivity index (χ0v) is 74.2. The first-order valence-corrected chi connectivity index (χ1v) is 50.1. The average molecular weight is 1610 g/mol. The Morgan fingerprint density at radius 3 is 0.618 bits per heavy atom. The Balaban J connectivity index is 5.25. The number of ether oxygens (including phenoxy) is 4. The van der Waals surface area contributed by atoms with Gasteiger partial charge in [-0.05, 0) is 31.6 Å². The number of hydrogen-bond acceptors (Lipinski definition) is 15. The van der Waals surface area contributed by atoms with Crippen molar-refractivity contribution in [1.82, 2.24) is 0 Å². The molecule has 5 atom stereocenters. The zero-order valence-electron chi connectivity index (χ0n) is 72.4. The molecular weight excluding hydrogens is 1430 g/mol. The highest BCUT2D eigenvalue weighted by molar-refractivity contribution is 7.47. The Kier molecular flexibility index (Phi) is 82.1. The van der Waals surface area contributed by atoms with E-state index in [0.717, 1.165) is 95.8 Å². The van der Waals surface area contributed by atoms with Crippen LogP contribution in [-0.4, -0.2) is 96.7 Å². The van der Waals surface area contributed by atoms with Crippen LogP contribution in [0, 0.1) is 5.92 Å². The van der Waals surface area contributed by atoms with Gasteiger partial charge in [-0.25, -0.2) is 9.13 Å². The molecule has 0 radical (unpaired) electrons.